The lowest BCUT2D eigenvalue weighted by atomic mass is 9.93. The van der Waals surface area contributed by atoms with Crippen molar-refractivity contribution in [3.05, 3.63) is 182 Å². The standard InChI is InChI=1S/C50H30N4O2/c1-2-10-31(11-3-1)50-53-43(34-12-8-13-35(24-34)49-51-22-9-23-52-49)30-44(54-50)38-26-36(32-18-20-47-41(28-32)39-14-4-6-16-45(39)55-47)25-37(27-38)33-19-21-48-42(29-33)40-15-5-7-17-46(40)56-48/h1-30H. The number of aromatic nitrogens is 4. The lowest BCUT2D eigenvalue weighted by Crippen LogP contribution is -1.97. The molecule has 4 heterocycles. The van der Waals surface area contributed by atoms with Crippen LogP contribution in [0.15, 0.2) is 191 Å². The Balaban J connectivity index is 1.13. The molecule has 0 radical (unpaired) electrons. The van der Waals surface area contributed by atoms with Gasteiger partial charge in [0, 0.05) is 56.2 Å². The fraction of sp³-hybridized carbons (Fsp3) is 0. The zero-order valence-corrected chi connectivity index (χ0v) is 29.9. The molecule has 56 heavy (non-hydrogen) atoms. The molecule has 0 amide bonds. The average molecular weight is 719 g/mol. The first-order chi connectivity index (χ1) is 27.7. The van der Waals surface area contributed by atoms with E-state index in [9.17, 15) is 0 Å². The molecule has 11 rings (SSSR count). The zero-order chi connectivity index (χ0) is 37.0. The lowest BCUT2D eigenvalue weighted by Gasteiger charge is -2.14. The van der Waals surface area contributed by atoms with Gasteiger partial charge in [-0.1, -0.05) is 97.1 Å². The molecule has 0 aliphatic heterocycles. The van der Waals surface area contributed by atoms with E-state index in [1.807, 2.05) is 72.8 Å². The van der Waals surface area contributed by atoms with E-state index < -0.39 is 0 Å². The topological polar surface area (TPSA) is 77.8 Å². The zero-order valence-electron chi connectivity index (χ0n) is 29.9. The highest BCUT2D eigenvalue weighted by atomic mass is 16.3. The number of rotatable bonds is 6. The van der Waals surface area contributed by atoms with Crippen molar-refractivity contribution in [1.82, 2.24) is 19.9 Å². The number of hydrogen-bond acceptors (Lipinski definition) is 6. The summed E-state index contributed by atoms with van der Waals surface area (Å²) >= 11 is 0. The highest BCUT2D eigenvalue weighted by Gasteiger charge is 2.17. The Kier molecular flexibility index (Phi) is 7.38. The van der Waals surface area contributed by atoms with Gasteiger partial charge in [-0.3, -0.25) is 0 Å². The summed E-state index contributed by atoms with van der Waals surface area (Å²) in [6.07, 6.45) is 3.52. The van der Waals surface area contributed by atoms with Crippen LogP contribution in [0, 0.1) is 0 Å². The van der Waals surface area contributed by atoms with E-state index in [-0.39, 0.29) is 0 Å². The van der Waals surface area contributed by atoms with E-state index in [2.05, 4.69) is 107 Å². The van der Waals surface area contributed by atoms with Gasteiger partial charge in [0.2, 0.25) is 0 Å². The van der Waals surface area contributed by atoms with E-state index in [4.69, 9.17) is 18.8 Å². The second-order valence-corrected chi connectivity index (χ2v) is 13.9. The third kappa shape index (κ3) is 5.60. The summed E-state index contributed by atoms with van der Waals surface area (Å²) in [5.74, 6) is 1.30. The molecule has 0 atom stereocenters. The van der Waals surface area contributed by atoms with Crippen molar-refractivity contribution in [3.8, 4) is 67.5 Å². The Morgan fingerprint density at radius 3 is 1.43 bits per heavy atom. The molecule has 0 aliphatic carbocycles. The highest BCUT2D eigenvalue weighted by molar-refractivity contribution is 6.07. The van der Waals surface area contributed by atoms with Gasteiger partial charge in [0.1, 0.15) is 22.3 Å². The van der Waals surface area contributed by atoms with Gasteiger partial charge in [-0.15, -0.1) is 0 Å². The van der Waals surface area contributed by atoms with Crippen LogP contribution >= 0.6 is 0 Å². The van der Waals surface area contributed by atoms with Gasteiger partial charge in [-0.2, -0.15) is 0 Å². The molecule has 0 N–H and O–H groups in total. The van der Waals surface area contributed by atoms with Crippen LogP contribution in [0.3, 0.4) is 0 Å². The monoisotopic (exact) mass is 718 g/mol. The van der Waals surface area contributed by atoms with Gasteiger partial charge >= 0.3 is 0 Å². The van der Waals surface area contributed by atoms with Crippen LogP contribution < -0.4 is 0 Å². The Hall–Kier alpha value is -7.70. The predicted molar refractivity (Wildman–Crippen MR) is 225 cm³/mol. The third-order valence-electron chi connectivity index (χ3n) is 10.4. The minimum absolute atomic E-state index is 0.643. The highest BCUT2D eigenvalue weighted by Crippen LogP contribution is 2.39. The van der Waals surface area contributed by atoms with Gasteiger partial charge in [0.25, 0.3) is 0 Å². The Labute approximate surface area is 321 Å². The number of benzene rings is 7. The molecule has 7 aromatic carbocycles. The average Bonchev–Trinajstić information content (AvgIpc) is 3.84. The van der Waals surface area contributed by atoms with Crippen molar-refractivity contribution in [2.24, 2.45) is 0 Å². The number of nitrogens with zero attached hydrogens (tertiary/aromatic N) is 4. The van der Waals surface area contributed by atoms with Crippen molar-refractivity contribution in [2.45, 2.75) is 0 Å². The number of para-hydroxylation sites is 2. The van der Waals surface area contributed by atoms with Crippen molar-refractivity contribution in [3.63, 3.8) is 0 Å². The van der Waals surface area contributed by atoms with Crippen LogP contribution in [0.25, 0.3) is 111 Å². The quantitative estimate of drug-likeness (QED) is 0.170. The molecule has 0 saturated carbocycles. The summed E-state index contributed by atoms with van der Waals surface area (Å²) in [5.41, 5.74) is 13.1. The molecule has 0 fully saturated rings. The molecule has 11 aromatic rings. The first-order valence-corrected chi connectivity index (χ1v) is 18.5. The number of hydrogen-bond donors (Lipinski definition) is 0. The first kappa shape index (κ1) is 31.8. The normalized spacial score (nSPS) is 11.6. The van der Waals surface area contributed by atoms with E-state index in [1.165, 1.54) is 0 Å². The second-order valence-electron chi connectivity index (χ2n) is 13.9. The molecule has 262 valence electrons. The fourth-order valence-corrected chi connectivity index (χ4v) is 7.65. The minimum Gasteiger partial charge on any atom is -0.456 e. The molecule has 0 spiro atoms. The van der Waals surface area contributed by atoms with E-state index in [0.29, 0.717) is 11.6 Å². The van der Waals surface area contributed by atoms with Crippen molar-refractivity contribution in [2.75, 3.05) is 0 Å². The first-order valence-electron chi connectivity index (χ1n) is 18.5. The van der Waals surface area contributed by atoms with Gasteiger partial charge in [0.05, 0.1) is 11.4 Å². The lowest BCUT2D eigenvalue weighted by molar-refractivity contribution is 0.668. The molecule has 6 nitrogen and oxygen atoms in total. The molecule has 0 unspecified atom stereocenters. The van der Waals surface area contributed by atoms with Crippen LogP contribution in [0.2, 0.25) is 0 Å². The minimum atomic E-state index is 0.643. The smallest absolute Gasteiger partial charge is 0.160 e. The molecular formula is C50H30N4O2. The van der Waals surface area contributed by atoms with Crippen LogP contribution in [0.1, 0.15) is 0 Å². The van der Waals surface area contributed by atoms with Gasteiger partial charge in [0.15, 0.2) is 11.6 Å². The van der Waals surface area contributed by atoms with Crippen LogP contribution in [-0.2, 0) is 0 Å². The van der Waals surface area contributed by atoms with Crippen LogP contribution in [0.4, 0.5) is 0 Å². The Morgan fingerprint density at radius 1 is 0.286 bits per heavy atom. The maximum absolute atomic E-state index is 6.21. The molecular weight excluding hydrogens is 689 g/mol. The Bertz CT molecular complexity index is 3130. The summed E-state index contributed by atoms with van der Waals surface area (Å²) in [4.78, 5) is 19.4. The number of furan rings is 2. The molecule has 0 aliphatic rings. The van der Waals surface area contributed by atoms with Crippen LogP contribution in [-0.4, -0.2) is 19.9 Å². The molecule has 4 aromatic heterocycles. The summed E-state index contributed by atoms with van der Waals surface area (Å²) in [7, 11) is 0. The molecule has 6 heteroatoms. The molecule has 0 saturated heterocycles. The van der Waals surface area contributed by atoms with Gasteiger partial charge in [-0.05, 0) is 95.1 Å². The third-order valence-corrected chi connectivity index (χ3v) is 10.4. The SMILES string of the molecule is c1ccc(-c2nc(-c3cc(-c4ccc5oc6ccccc6c5c4)cc(-c4ccc5oc6ccccc6c5c4)c3)cc(-c3cccc(-c4ncccn4)c3)n2)cc1. The summed E-state index contributed by atoms with van der Waals surface area (Å²) in [6.45, 7) is 0. The van der Waals surface area contributed by atoms with E-state index in [1.54, 1.807) is 12.4 Å². The number of fused-ring (bicyclic) bond motifs is 6. The maximum atomic E-state index is 6.21. The van der Waals surface area contributed by atoms with E-state index in [0.717, 1.165) is 99.8 Å². The summed E-state index contributed by atoms with van der Waals surface area (Å²) < 4.78 is 12.4. The maximum Gasteiger partial charge on any atom is 0.160 e. The van der Waals surface area contributed by atoms with Crippen LogP contribution in [0.5, 0.6) is 0 Å². The van der Waals surface area contributed by atoms with Crippen molar-refractivity contribution in [1.29, 1.82) is 0 Å². The van der Waals surface area contributed by atoms with Gasteiger partial charge < -0.3 is 8.83 Å². The summed E-state index contributed by atoms with van der Waals surface area (Å²) in [6, 6.07) is 58.2. The van der Waals surface area contributed by atoms with E-state index >= 15 is 0 Å². The predicted octanol–water partition coefficient (Wildman–Crippen LogP) is 13.1. The fourth-order valence-electron chi connectivity index (χ4n) is 7.65. The summed E-state index contributed by atoms with van der Waals surface area (Å²) in [5, 5.41) is 4.34. The largest absolute Gasteiger partial charge is 0.456 e. The van der Waals surface area contributed by atoms with Gasteiger partial charge in [-0.25, -0.2) is 19.9 Å². The second kappa shape index (κ2) is 13.0. The molecule has 0 bridgehead atoms. The van der Waals surface area contributed by atoms with Crippen molar-refractivity contribution >= 4 is 43.9 Å². The Morgan fingerprint density at radius 2 is 0.786 bits per heavy atom. The van der Waals surface area contributed by atoms with Crippen molar-refractivity contribution < 1.29 is 8.83 Å².